The van der Waals surface area contributed by atoms with E-state index >= 15 is 0 Å². The van der Waals surface area contributed by atoms with Crippen molar-refractivity contribution in [2.24, 2.45) is 5.73 Å². The first-order valence-corrected chi connectivity index (χ1v) is 6.48. The summed E-state index contributed by atoms with van der Waals surface area (Å²) in [6.07, 6.45) is 0.111. The molecule has 0 radical (unpaired) electrons. The molecule has 100 valence electrons. The number of morpholine rings is 1. The fourth-order valence-corrected chi connectivity index (χ4v) is 2.48. The van der Waals surface area contributed by atoms with Crippen LogP contribution in [0.25, 0.3) is 0 Å². The zero-order valence-corrected chi connectivity index (χ0v) is 10.9. The molecule has 3 N–H and O–H groups in total. The topological polar surface area (TPSA) is 58.7 Å². The highest BCUT2D eigenvalue weighted by atomic mass is 16.5. The van der Waals surface area contributed by atoms with E-state index in [0.29, 0.717) is 6.54 Å². The van der Waals surface area contributed by atoms with E-state index in [1.165, 1.54) is 5.56 Å². The first-order valence-electron chi connectivity index (χ1n) is 6.48. The third-order valence-electron chi connectivity index (χ3n) is 3.24. The highest BCUT2D eigenvalue weighted by molar-refractivity contribution is 5.23. The molecule has 1 heterocycles. The molecular weight excluding hydrogens is 228 g/mol. The molecule has 0 amide bonds. The van der Waals surface area contributed by atoms with Crippen molar-refractivity contribution in [3.8, 4) is 0 Å². The van der Waals surface area contributed by atoms with Crippen LogP contribution in [0.5, 0.6) is 0 Å². The van der Waals surface area contributed by atoms with Crippen LogP contribution in [-0.4, -0.2) is 41.9 Å². The third kappa shape index (κ3) is 3.53. The lowest BCUT2D eigenvalue weighted by atomic mass is 10.1. The van der Waals surface area contributed by atoms with Crippen LogP contribution in [0.2, 0.25) is 0 Å². The summed E-state index contributed by atoms with van der Waals surface area (Å²) in [4.78, 5) is 2.32. The van der Waals surface area contributed by atoms with Crippen LogP contribution in [0.1, 0.15) is 18.1 Å². The van der Waals surface area contributed by atoms with Gasteiger partial charge in [0.15, 0.2) is 0 Å². The van der Waals surface area contributed by atoms with Crippen LogP contribution in [0.15, 0.2) is 24.3 Å². The van der Waals surface area contributed by atoms with E-state index in [2.05, 4.69) is 17.0 Å². The summed E-state index contributed by atoms with van der Waals surface area (Å²) in [6.45, 7) is 5.29. The van der Waals surface area contributed by atoms with Crippen molar-refractivity contribution in [3.05, 3.63) is 35.4 Å². The number of hydrogen-bond acceptors (Lipinski definition) is 4. The Bertz CT molecular complexity index is 384. The van der Waals surface area contributed by atoms with E-state index in [4.69, 9.17) is 10.5 Å². The maximum atomic E-state index is 9.21. The van der Waals surface area contributed by atoms with Crippen molar-refractivity contribution < 1.29 is 9.84 Å². The van der Waals surface area contributed by atoms with Crippen LogP contribution >= 0.6 is 0 Å². The number of hydrogen-bond donors (Lipinski definition) is 2. The third-order valence-corrected chi connectivity index (χ3v) is 3.24. The molecule has 1 aromatic rings. The van der Waals surface area contributed by atoms with Crippen molar-refractivity contribution in [2.75, 3.05) is 19.7 Å². The molecule has 0 spiro atoms. The van der Waals surface area contributed by atoms with E-state index in [-0.39, 0.29) is 18.8 Å². The maximum Gasteiger partial charge on any atom is 0.0936 e. The standard InChI is InChI=1S/C14H22N2O2/c1-11-7-16(9-14(10-17)18-11)8-13-4-2-3-12(5-13)6-15/h2-5,11,14,17H,6-10,15H2,1H3. The Morgan fingerprint density at radius 2 is 2.17 bits per heavy atom. The number of rotatable bonds is 4. The lowest BCUT2D eigenvalue weighted by Gasteiger charge is -2.36. The molecule has 4 nitrogen and oxygen atoms in total. The summed E-state index contributed by atoms with van der Waals surface area (Å²) in [6, 6.07) is 8.36. The number of aliphatic hydroxyl groups is 1. The van der Waals surface area contributed by atoms with Crippen molar-refractivity contribution in [2.45, 2.75) is 32.2 Å². The average molecular weight is 250 g/mol. The first-order chi connectivity index (χ1) is 8.71. The fraction of sp³-hybridized carbons (Fsp3) is 0.571. The molecule has 1 aliphatic rings. The number of benzene rings is 1. The van der Waals surface area contributed by atoms with E-state index in [1.807, 2.05) is 19.1 Å². The number of nitrogens with zero attached hydrogens (tertiary/aromatic N) is 1. The monoisotopic (exact) mass is 250 g/mol. The number of aliphatic hydroxyl groups excluding tert-OH is 1. The van der Waals surface area contributed by atoms with Gasteiger partial charge in [-0.05, 0) is 18.1 Å². The first kappa shape index (κ1) is 13.5. The van der Waals surface area contributed by atoms with Crippen molar-refractivity contribution >= 4 is 0 Å². The summed E-state index contributed by atoms with van der Waals surface area (Å²) in [5.74, 6) is 0. The predicted molar refractivity (Wildman–Crippen MR) is 71.0 cm³/mol. The number of ether oxygens (including phenoxy) is 1. The lowest BCUT2D eigenvalue weighted by Crippen LogP contribution is -2.47. The molecule has 1 aliphatic heterocycles. The second-order valence-electron chi connectivity index (χ2n) is 4.97. The summed E-state index contributed by atoms with van der Waals surface area (Å²) < 4.78 is 5.64. The Hall–Kier alpha value is -0.940. The Balaban J connectivity index is 1.99. The van der Waals surface area contributed by atoms with Crippen molar-refractivity contribution in [3.63, 3.8) is 0 Å². The average Bonchev–Trinajstić information content (AvgIpc) is 2.38. The van der Waals surface area contributed by atoms with Gasteiger partial charge in [-0.3, -0.25) is 4.90 Å². The molecule has 2 atom stereocenters. The van der Waals surface area contributed by atoms with Crippen LogP contribution in [0.4, 0.5) is 0 Å². The Kier molecular flexibility index (Phi) is 4.72. The van der Waals surface area contributed by atoms with E-state index in [9.17, 15) is 5.11 Å². The molecular formula is C14H22N2O2. The van der Waals surface area contributed by atoms with Crippen LogP contribution in [-0.2, 0) is 17.8 Å². The van der Waals surface area contributed by atoms with Gasteiger partial charge in [-0.1, -0.05) is 24.3 Å². The summed E-state index contributed by atoms with van der Waals surface area (Å²) in [5.41, 5.74) is 8.08. The Morgan fingerprint density at radius 3 is 2.89 bits per heavy atom. The minimum atomic E-state index is -0.0635. The molecule has 0 bridgehead atoms. The van der Waals surface area contributed by atoms with Gasteiger partial charge in [0.05, 0.1) is 18.8 Å². The molecule has 0 aromatic heterocycles. The van der Waals surface area contributed by atoms with E-state index < -0.39 is 0 Å². The highest BCUT2D eigenvalue weighted by Gasteiger charge is 2.24. The molecule has 1 fully saturated rings. The van der Waals surface area contributed by atoms with Gasteiger partial charge in [-0.25, -0.2) is 0 Å². The zero-order valence-electron chi connectivity index (χ0n) is 10.9. The van der Waals surface area contributed by atoms with Gasteiger partial charge in [0.2, 0.25) is 0 Å². The van der Waals surface area contributed by atoms with Gasteiger partial charge < -0.3 is 15.6 Å². The van der Waals surface area contributed by atoms with Crippen molar-refractivity contribution in [1.82, 2.24) is 4.90 Å². The second kappa shape index (κ2) is 6.29. The normalized spacial score (nSPS) is 25.3. The van der Waals surface area contributed by atoms with Gasteiger partial charge >= 0.3 is 0 Å². The minimum Gasteiger partial charge on any atom is -0.394 e. The van der Waals surface area contributed by atoms with Crippen molar-refractivity contribution in [1.29, 1.82) is 0 Å². The molecule has 0 aliphatic carbocycles. The Morgan fingerprint density at radius 1 is 1.39 bits per heavy atom. The predicted octanol–water partition coefficient (Wildman–Crippen LogP) is 0.727. The van der Waals surface area contributed by atoms with Gasteiger partial charge in [0.25, 0.3) is 0 Å². The molecule has 0 saturated carbocycles. The van der Waals surface area contributed by atoms with Gasteiger partial charge in [0.1, 0.15) is 0 Å². The van der Waals surface area contributed by atoms with Crippen LogP contribution < -0.4 is 5.73 Å². The molecule has 18 heavy (non-hydrogen) atoms. The molecule has 2 unspecified atom stereocenters. The summed E-state index contributed by atoms with van der Waals surface area (Å²) >= 11 is 0. The zero-order chi connectivity index (χ0) is 13.0. The lowest BCUT2D eigenvalue weighted by molar-refractivity contribution is -0.0972. The second-order valence-corrected chi connectivity index (χ2v) is 4.97. The maximum absolute atomic E-state index is 9.21. The van der Waals surface area contributed by atoms with Gasteiger partial charge in [-0.2, -0.15) is 0 Å². The molecule has 2 rings (SSSR count). The minimum absolute atomic E-state index is 0.0635. The largest absolute Gasteiger partial charge is 0.394 e. The highest BCUT2D eigenvalue weighted by Crippen LogP contribution is 2.15. The summed E-state index contributed by atoms with van der Waals surface area (Å²) in [5, 5.41) is 9.21. The van der Waals surface area contributed by atoms with E-state index in [1.54, 1.807) is 0 Å². The number of nitrogens with two attached hydrogens (primary N) is 1. The SMILES string of the molecule is CC1CN(Cc2cccc(CN)c2)CC(CO)O1. The van der Waals surface area contributed by atoms with E-state index in [0.717, 1.165) is 25.2 Å². The molecule has 1 aromatic carbocycles. The van der Waals surface area contributed by atoms with Crippen LogP contribution in [0, 0.1) is 0 Å². The summed E-state index contributed by atoms with van der Waals surface area (Å²) in [7, 11) is 0. The Labute approximate surface area is 108 Å². The molecule has 1 saturated heterocycles. The molecule has 4 heteroatoms. The van der Waals surface area contributed by atoms with Crippen LogP contribution in [0.3, 0.4) is 0 Å². The van der Waals surface area contributed by atoms with Gasteiger partial charge in [0, 0.05) is 26.2 Å². The van der Waals surface area contributed by atoms with Gasteiger partial charge in [-0.15, -0.1) is 0 Å². The fourth-order valence-electron chi connectivity index (χ4n) is 2.48. The quantitative estimate of drug-likeness (QED) is 0.827. The smallest absolute Gasteiger partial charge is 0.0936 e.